The summed E-state index contributed by atoms with van der Waals surface area (Å²) in [5.74, 6) is -0.370. The normalized spacial score (nSPS) is 16.4. The second-order valence-electron chi connectivity index (χ2n) is 8.24. The van der Waals surface area contributed by atoms with E-state index in [1.807, 2.05) is 17.0 Å². The SMILES string of the molecule is Cn1nc(C(=O)NCc2ccc(C#N)cc2)c2c1C(=O)N(CC1(SNCCN)CC1)CC2. The van der Waals surface area contributed by atoms with Gasteiger partial charge in [0.2, 0.25) is 0 Å². The van der Waals surface area contributed by atoms with E-state index < -0.39 is 0 Å². The summed E-state index contributed by atoms with van der Waals surface area (Å²) in [5, 5.41) is 16.1. The fraction of sp³-hybridized carbons (Fsp3) is 0.455. The highest BCUT2D eigenvalue weighted by molar-refractivity contribution is 7.99. The second-order valence-corrected chi connectivity index (χ2v) is 9.59. The van der Waals surface area contributed by atoms with Crippen molar-refractivity contribution in [3.8, 4) is 6.07 Å². The van der Waals surface area contributed by atoms with Gasteiger partial charge in [-0.05, 0) is 37.0 Å². The number of nitrogens with one attached hydrogen (secondary N) is 2. The predicted octanol–water partition coefficient (Wildman–Crippen LogP) is 0.949. The van der Waals surface area contributed by atoms with Gasteiger partial charge in [0.25, 0.3) is 11.8 Å². The quantitative estimate of drug-likeness (QED) is 0.381. The van der Waals surface area contributed by atoms with Gasteiger partial charge in [-0.3, -0.25) is 19.0 Å². The largest absolute Gasteiger partial charge is 0.347 e. The Bertz CT molecular complexity index is 1050. The van der Waals surface area contributed by atoms with E-state index in [1.165, 1.54) is 4.68 Å². The molecule has 2 heterocycles. The smallest absolute Gasteiger partial charge is 0.272 e. The molecule has 4 rings (SSSR count). The van der Waals surface area contributed by atoms with E-state index in [2.05, 4.69) is 21.2 Å². The maximum Gasteiger partial charge on any atom is 0.272 e. The van der Waals surface area contributed by atoms with Crippen molar-refractivity contribution in [3.63, 3.8) is 0 Å². The maximum atomic E-state index is 13.2. The third-order valence-electron chi connectivity index (χ3n) is 5.84. The topological polar surface area (TPSA) is 129 Å². The first-order valence-electron chi connectivity index (χ1n) is 10.7. The van der Waals surface area contributed by atoms with Crippen LogP contribution in [0.1, 0.15) is 50.5 Å². The van der Waals surface area contributed by atoms with Gasteiger partial charge >= 0.3 is 0 Å². The van der Waals surface area contributed by atoms with Crippen LogP contribution in [-0.4, -0.2) is 57.4 Å². The Hall–Kier alpha value is -2.87. The van der Waals surface area contributed by atoms with Crippen LogP contribution in [0.2, 0.25) is 0 Å². The molecule has 9 nitrogen and oxygen atoms in total. The van der Waals surface area contributed by atoms with Crippen LogP contribution in [0, 0.1) is 11.3 Å². The number of nitrogens with zero attached hydrogens (tertiary/aromatic N) is 4. The zero-order chi connectivity index (χ0) is 22.7. The van der Waals surface area contributed by atoms with Crippen LogP contribution < -0.4 is 15.8 Å². The first kappa shape index (κ1) is 22.3. The van der Waals surface area contributed by atoms with E-state index in [0.717, 1.165) is 24.9 Å². The zero-order valence-corrected chi connectivity index (χ0v) is 18.9. The van der Waals surface area contributed by atoms with Crippen LogP contribution in [0.15, 0.2) is 24.3 Å². The van der Waals surface area contributed by atoms with Gasteiger partial charge in [-0.2, -0.15) is 10.4 Å². The second kappa shape index (κ2) is 9.32. The first-order chi connectivity index (χ1) is 15.5. The van der Waals surface area contributed by atoms with Crippen molar-refractivity contribution in [1.29, 1.82) is 5.26 Å². The molecule has 4 N–H and O–H groups in total. The summed E-state index contributed by atoms with van der Waals surface area (Å²) in [7, 11) is 1.71. The summed E-state index contributed by atoms with van der Waals surface area (Å²) >= 11 is 1.68. The van der Waals surface area contributed by atoms with Crippen molar-refractivity contribution in [1.82, 2.24) is 24.7 Å². The van der Waals surface area contributed by atoms with E-state index in [4.69, 9.17) is 11.0 Å². The average molecular weight is 454 g/mol. The lowest BCUT2D eigenvalue weighted by molar-refractivity contribution is 0.0725. The number of hydrogen-bond donors (Lipinski definition) is 3. The Balaban J connectivity index is 1.42. The number of fused-ring (bicyclic) bond motifs is 1. The molecule has 2 amide bonds. The molecule has 1 fully saturated rings. The Labute approximate surface area is 191 Å². The van der Waals surface area contributed by atoms with Crippen LogP contribution in [-0.2, 0) is 20.0 Å². The number of rotatable bonds is 9. The lowest BCUT2D eigenvalue weighted by Crippen LogP contribution is -2.43. The van der Waals surface area contributed by atoms with Crippen molar-refractivity contribution in [3.05, 3.63) is 52.3 Å². The molecule has 1 aromatic heterocycles. The highest BCUT2D eigenvalue weighted by Gasteiger charge is 2.47. The molecule has 2 aliphatic rings. The zero-order valence-electron chi connectivity index (χ0n) is 18.1. The first-order valence-corrected chi connectivity index (χ1v) is 11.5. The van der Waals surface area contributed by atoms with Gasteiger partial charge in [0.15, 0.2) is 5.69 Å². The van der Waals surface area contributed by atoms with Crippen LogP contribution in [0.5, 0.6) is 0 Å². The Morgan fingerprint density at radius 1 is 1.34 bits per heavy atom. The van der Waals surface area contributed by atoms with Gasteiger partial charge in [0.1, 0.15) is 5.69 Å². The number of nitriles is 1. The van der Waals surface area contributed by atoms with Crippen LogP contribution in [0.3, 0.4) is 0 Å². The summed E-state index contributed by atoms with van der Waals surface area (Å²) in [6, 6.07) is 9.12. The molecule has 1 aromatic carbocycles. The third-order valence-corrected chi connectivity index (χ3v) is 7.16. The van der Waals surface area contributed by atoms with Gasteiger partial charge in [-0.1, -0.05) is 24.1 Å². The van der Waals surface area contributed by atoms with E-state index in [0.29, 0.717) is 55.1 Å². The molecule has 0 spiro atoms. The summed E-state index contributed by atoms with van der Waals surface area (Å²) in [6.07, 6.45) is 2.74. The molecular formula is C22H27N7O2S. The van der Waals surface area contributed by atoms with Gasteiger partial charge < -0.3 is 16.0 Å². The molecule has 1 aliphatic heterocycles. The number of aromatic nitrogens is 2. The van der Waals surface area contributed by atoms with E-state index >= 15 is 0 Å². The average Bonchev–Trinajstić information content (AvgIpc) is 3.48. The molecule has 1 saturated carbocycles. The minimum absolute atomic E-state index is 0.0578. The lowest BCUT2D eigenvalue weighted by atomic mass is 10.0. The van der Waals surface area contributed by atoms with E-state index in [1.54, 1.807) is 31.1 Å². The molecule has 0 bridgehead atoms. The van der Waals surface area contributed by atoms with Gasteiger partial charge in [-0.15, -0.1) is 0 Å². The molecule has 0 unspecified atom stereocenters. The molecule has 168 valence electrons. The van der Waals surface area contributed by atoms with Gasteiger partial charge in [0, 0.05) is 50.1 Å². The minimum atomic E-state index is -0.298. The highest BCUT2D eigenvalue weighted by Crippen LogP contribution is 2.48. The van der Waals surface area contributed by atoms with Crippen molar-refractivity contribution in [2.75, 3.05) is 26.2 Å². The molecule has 0 atom stereocenters. The Kier molecular flexibility index (Phi) is 6.50. The molecule has 10 heteroatoms. The van der Waals surface area contributed by atoms with E-state index in [-0.39, 0.29) is 16.6 Å². The van der Waals surface area contributed by atoms with Crippen molar-refractivity contribution >= 4 is 23.8 Å². The molecular weight excluding hydrogens is 426 g/mol. The predicted molar refractivity (Wildman–Crippen MR) is 122 cm³/mol. The Morgan fingerprint density at radius 3 is 2.75 bits per heavy atom. The fourth-order valence-corrected chi connectivity index (χ4v) is 4.96. The van der Waals surface area contributed by atoms with Crippen LogP contribution in [0.4, 0.5) is 0 Å². The highest BCUT2D eigenvalue weighted by atomic mass is 32.2. The van der Waals surface area contributed by atoms with Gasteiger partial charge in [0.05, 0.1) is 11.6 Å². The Morgan fingerprint density at radius 2 is 2.09 bits per heavy atom. The summed E-state index contributed by atoms with van der Waals surface area (Å²) in [5.41, 5.74) is 8.53. The number of nitrogens with two attached hydrogens (primary N) is 1. The van der Waals surface area contributed by atoms with Crippen molar-refractivity contribution < 1.29 is 9.59 Å². The molecule has 2 aromatic rings. The maximum absolute atomic E-state index is 13.2. The summed E-state index contributed by atoms with van der Waals surface area (Å²) < 4.78 is 4.88. The lowest BCUT2D eigenvalue weighted by Gasteiger charge is -2.30. The number of benzene rings is 1. The molecule has 0 saturated heterocycles. The minimum Gasteiger partial charge on any atom is -0.347 e. The molecule has 32 heavy (non-hydrogen) atoms. The number of amides is 2. The third kappa shape index (κ3) is 4.65. The molecule has 1 aliphatic carbocycles. The van der Waals surface area contributed by atoms with Crippen LogP contribution >= 0.6 is 11.9 Å². The number of carbonyl (C=O) groups is 2. The number of aryl methyl sites for hydroxylation is 1. The monoisotopic (exact) mass is 453 g/mol. The molecule has 0 radical (unpaired) electrons. The van der Waals surface area contributed by atoms with Crippen LogP contribution in [0.25, 0.3) is 0 Å². The van der Waals surface area contributed by atoms with Crippen molar-refractivity contribution in [2.45, 2.75) is 30.6 Å². The van der Waals surface area contributed by atoms with Crippen molar-refractivity contribution in [2.24, 2.45) is 12.8 Å². The summed E-state index contributed by atoms with van der Waals surface area (Å²) in [6.45, 7) is 2.91. The summed E-state index contributed by atoms with van der Waals surface area (Å²) in [4.78, 5) is 27.9. The number of carbonyl (C=O) groups excluding carboxylic acids is 2. The fourth-order valence-electron chi connectivity index (χ4n) is 3.91. The van der Waals surface area contributed by atoms with Gasteiger partial charge in [-0.25, -0.2) is 0 Å². The standard InChI is InChI=1S/C22H27N7O2S/c1-28-19-17(6-11-29(21(19)31)14-22(7-8-22)32-26-10-9-23)18(27-28)20(30)25-13-16-4-2-15(12-24)3-5-16/h2-5,26H,6-11,13-14,23H2,1H3,(H,25,30). The van der Waals surface area contributed by atoms with E-state index in [9.17, 15) is 9.59 Å². The number of hydrogen-bond acceptors (Lipinski definition) is 7.